The van der Waals surface area contributed by atoms with E-state index in [-0.39, 0.29) is 6.67 Å². The summed E-state index contributed by atoms with van der Waals surface area (Å²) in [5.74, 6) is 0. The van der Waals surface area contributed by atoms with Crippen molar-refractivity contribution in [2.24, 2.45) is 5.18 Å². The molecule has 0 rings (SSSR count). The van der Waals surface area contributed by atoms with Gasteiger partial charge in [0.25, 0.3) is 0 Å². The Morgan fingerprint density at radius 3 is 2.17 bits per heavy atom. The van der Waals surface area contributed by atoms with Crippen molar-refractivity contribution in [2.75, 3.05) is 20.8 Å². The number of hydrogen-bond donors (Lipinski definition) is 0. The zero-order chi connectivity index (χ0) is 4.99. The number of rotatable bonds is 2. The fourth-order valence-electron chi connectivity index (χ4n) is 0.115. The van der Waals surface area contributed by atoms with Crippen LogP contribution in [0.4, 0.5) is 0 Å². The topological polar surface area (TPSA) is 32.7 Å². The fourth-order valence-corrected chi connectivity index (χ4v) is 0.115. The van der Waals surface area contributed by atoms with Crippen LogP contribution in [-0.2, 0) is 0 Å². The summed E-state index contributed by atoms with van der Waals surface area (Å²) >= 11 is 0. The Hall–Kier alpha value is -0.440. The smallest absolute Gasteiger partial charge is 0.133 e. The minimum Gasteiger partial charge on any atom is -0.288 e. The quantitative estimate of drug-likeness (QED) is 0.454. The molecule has 36 valence electrons. The molecule has 0 fully saturated rings. The van der Waals surface area contributed by atoms with Gasteiger partial charge in [-0.1, -0.05) is 5.18 Å². The first-order valence-corrected chi connectivity index (χ1v) is 1.71. The monoisotopic (exact) mass is 88.1 g/mol. The summed E-state index contributed by atoms with van der Waals surface area (Å²) in [6.45, 7) is 0.278. The fraction of sp³-hybridized carbons (Fsp3) is 1.00. The highest BCUT2D eigenvalue weighted by molar-refractivity contribution is 4.32. The Labute approximate surface area is 36.9 Å². The molecule has 0 bridgehead atoms. The van der Waals surface area contributed by atoms with Gasteiger partial charge in [-0.15, -0.1) is 4.91 Å². The maximum Gasteiger partial charge on any atom is 0.133 e. The molecule has 0 aromatic carbocycles. The molecule has 0 unspecified atom stereocenters. The van der Waals surface area contributed by atoms with Crippen molar-refractivity contribution in [3.05, 3.63) is 4.91 Å². The van der Waals surface area contributed by atoms with Crippen molar-refractivity contribution >= 4 is 0 Å². The highest BCUT2D eigenvalue weighted by Gasteiger charge is 1.79. The van der Waals surface area contributed by atoms with Gasteiger partial charge in [0, 0.05) is 0 Å². The first-order chi connectivity index (χ1) is 2.77. The van der Waals surface area contributed by atoms with Gasteiger partial charge in [0.2, 0.25) is 0 Å². The molecule has 0 aromatic heterocycles. The molecule has 0 saturated carbocycles. The van der Waals surface area contributed by atoms with Crippen molar-refractivity contribution < 1.29 is 0 Å². The average Bonchev–Trinajstić information content (AvgIpc) is 1.35. The van der Waals surface area contributed by atoms with E-state index in [1.165, 1.54) is 0 Å². The summed E-state index contributed by atoms with van der Waals surface area (Å²) in [5.41, 5.74) is 0. The van der Waals surface area contributed by atoms with E-state index < -0.39 is 0 Å². The van der Waals surface area contributed by atoms with E-state index >= 15 is 0 Å². The molecule has 0 aliphatic carbocycles. The van der Waals surface area contributed by atoms with Crippen LogP contribution in [0.5, 0.6) is 0 Å². The largest absolute Gasteiger partial charge is 0.288 e. The molecule has 0 aliphatic heterocycles. The maximum absolute atomic E-state index is 9.32. The van der Waals surface area contributed by atoms with Crippen LogP contribution >= 0.6 is 0 Å². The second kappa shape index (κ2) is 2.78. The van der Waals surface area contributed by atoms with Crippen molar-refractivity contribution in [3.63, 3.8) is 0 Å². The summed E-state index contributed by atoms with van der Waals surface area (Å²) < 4.78 is 0. The summed E-state index contributed by atoms with van der Waals surface area (Å²) in [6.07, 6.45) is 0. The van der Waals surface area contributed by atoms with Crippen LogP contribution < -0.4 is 0 Å². The van der Waals surface area contributed by atoms with Crippen LogP contribution in [0, 0.1) is 4.91 Å². The molecule has 0 aliphatic rings. The lowest BCUT2D eigenvalue weighted by molar-refractivity contribution is 0.422. The van der Waals surface area contributed by atoms with Gasteiger partial charge in [0.1, 0.15) is 6.67 Å². The Morgan fingerprint density at radius 2 is 2.17 bits per heavy atom. The first-order valence-electron chi connectivity index (χ1n) is 1.71. The molecule has 0 aromatic rings. The lowest BCUT2D eigenvalue weighted by Gasteiger charge is -1.97. The van der Waals surface area contributed by atoms with E-state index in [9.17, 15) is 4.91 Å². The highest BCUT2D eigenvalue weighted by atomic mass is 16.3. The lowest BCUT2D eigenvalue weighted by Crippen LogP contribution is -2.09. The van der Waals surface area contributed by atoms with Crippen molar-refractivity contribution in [3.8, 4) is 0 Å². The molecule has 0 spiro atoms. The first kappa shape index (κ1) is 5.56. The van der Waals surface area contributed by atoms with E-state index in [0.29, 0.717) is 0 Å². The SMILES string of the molecule is CN(C)CN=O. The van der Waals surface area contributed by atoms with Gasteiger partial charge >= 0.3 is 0 Å². The third-order valence-corrected chi connectivity index (χ3v) is 0.341. The van der Waals surface area contributed by atoms with E-state index in [2.05, 4.69) is 5.18 Å². The molecule has 0 N–H and O–H groups in total. The normalized spacial score (nSPS) is 9.17. The Morgan fingerprint density at radius 1 is 1.67 bits per heavy atom. The molecule has 0 saturated heterocycles. The van der Waals surface area contributed by atoms with Gasteiger partial charge in [-0.2, -0.15) is 0 Å². The molecule has 0 radical (unpaired) electrons. The Bertz CT molecular complexity index is 44.1. The van der Waals surface area contributed by atoms with Crippen LogP contribution in [-0.4, -0.2) is 25.7 Å². The summed E-state index contributed by atoms with van der Waals surface area (Å²) in [5, 5.41) is 2.61. The van der Waals surface area contributed by atoms with Gasteiger partial charge < -0.3 is 0 Å². The number of hydrogen-bond acceptors (Lipinski definition) is 3. The van der Waals surface area contributed by atoms with Gasteiger partial charge in [0.05, 0.1) is 0 Å². The molecule has 0 heterocycles. The zero-order valence-corrected chi connectivity index (χ0v) is 4.01. The predicted molar refractivity (Wildman–Crippen MR) is 24.3 cm³/mol. The average molecular weight is 88.1 g/mol. The Kier molecular flexibility index (Phi) is 2.58. The van der Waals surface area contributed by atoms with Crippen LogP contribution in [0.3, 0.4) is 0 Å². The van der Waals surface area contributed by atoms with Crippen LogP contribution in [0.25, 0.3) is 0 Å². The minimum absolute atomic E-state index is 0.278. The Balaban J connectivity index is 2.81. The molecule has 0 atom stereocenters. The van der Waals surface area contributed by atoms with E-state index in [1.54, 1.807) is 19.0 Å². The van der Waals surface area contributed by atoms with E-state index in [0.717, 1.165) is 0 Å². The van der Waals surface area contributed by atoms with Crippen molar-refractivity contribution in [2.45, 2.75) is 0 Å². The molecular weight excluding hydrogens is 80.0 g/mol. The molecular formula is C3H8N2O. The lowest BCUT2D eigenvalue weighted by atomic mass is 10.9. The van der Waals surface area contributed by atoms with Crippen molar-refractivity contribution in [1.82, 2.24) is 4.90 Å². The summed E-state index contributed by atoms with van der Waals surface area (Å²) in [6, 6.07) is 0. The third kappa shape index (κ3) is 3.56. The van der Waals surface area contributed by atoms with Crippen LogP contribution in [0.15, 0.2) is 5.18 Å². The minimum atomic E-state index is 0.278. The molecule has 6 heavy (non-hydrogen) atoms. The van der Waals surface area contributed by atoms with Gasteiger partial charge in [0.15, 0.2) is 0 Å². The second-order valence-electron chi connectivity index (χ2n) is 1.35. The van der Waals surface area contributed by atoms with Gasteiger partial charge in [-0.25, -0.2) is 0 Å². The van der Waals surface area contributed by atoms with Crippen LogP contribution in [0.1, 0.15) is 0 Å². The number of nitroso groups, excluding NO2 is 1. The highest BCUT2D eigenvalue weighted by Crippen LogP contribution is 1.69. The predicted octanol–water partition coefficient (Wildman–Crippen LogP) is 0.272. The number of nitrogens with zero attached hydrogens (tertiary/aromatic N) is 2. The van der Waals surface area contributed by atoms with Gasteiger partial charge in [-0.3, -0.25) is 4.90 Å². The molecule has 0 amide bonds. The van der Waals surface area contributed by atoms with Crippen LogP contribution in [0.2, 0.25) is 0 Å². The standard InChI is InChI=1S/C3H8N2O/c1-5(2)3-4-6/h3H2,1-2H3. The van der Waals surface area contributed by atoms with Gasteiger partial charge in [-0.05, 0) is 14.1 Å². The maximum atomic E-state index is 9.32. The van der Waals surface area contributed by atoms with E-state index in [1.807, 2.05) is 0 Å². The van der Waals surface area contributed by atoms with E-state index in [4.69, 9.17) is 0 Å². The summed E-state index contributed by atoms with van der Waals surface area (Å²) in [4.78, 5) is 11.0. The third-order valence-electron chi connectivity index (χ3n) is 0.341. The molecule has 3 heteroatoms. The zero-order valence-electron chi connectivity index (χ0n) is 4.01. The second-order valence-corrected chi connectivity index (χ2v) is 1.35. The van der Waals surface area contributed by atoms with Crippen molar-refractivity contribution in [1.29, 1.82) is 0 Å². The molecule has 3 nitrogen and oxygen atoms in total. The summed E-state index contributed by atoms with van der Waals surface area (Å²) in [7, 11) is 3.59.